The molecule has 0 amide bonds. The third-order valence-electron chi connectivity index (χ3n) is 2.78. The molecule has 2 fully saturated rings. The maximum absolute atomic E-state index is 10.8. The highest BCUT2D eigenvalue weighted by atomic mass is 32.2. The zero-order valence-electron chi connectivity index (χ0n) is 7.18. The van der Waals surface area contributed by atoms with E-state index in [2.05, 4.69) is 0 Å². The molecule has 0 radical (unpaired) electrons. The third-order valence-corrected chi connectivity index (χ3v) is 4.08. The molecule has 1 saturated carbocycles. The van der Waals surface area contributed by atoms with E-state index in [4.69, 9.17) is 4.55 Å². The molecule has 1 saturated heterocycles. The topological polar surface area (TPSA) is 77.8 Å². The van der Waals surface area contributed by atoms with Gasteiger partial charge in [0, 0.05) is 25.6 Å². The first-order valence-electron chi connectivity index (χ1n) is 4.36. The van der Waals surface area contributed by atoms with Gasteiger partial charge in [0.25, 0.3) is 10.1 Å². The fraction of sp³-hybridized carbons (Fsp3) is 1.00. The largest absolute Gasteiger partial charge is 0.371 e. The van der Waals surface area contributed by atoms with Crippen molar-refractivity contribution in [3.8, 4) is 0 Å². The Balaban J connectivity index is 2.11. The van der Waals surface area contributed by atoms with E-state index < -0.39 is 15.1 Å². The standard InChI is InChI=1S/C7H13NO4S/c9-7(13(10,11)12)3-4-8(5-7)6-1-2-6/h6,9H,1-5H2,(H,10,11,12). The molecule has 76 valence electrons. The van der Waals surface area contributed by atoms with Crippen molar-refractivity contribution in [3.05, 3.63) is 0 Å². The summed E-state index contributed by atoms with van der Waals surface area (Å²) in [6.07, 6.45) is 2.26. The van der Waals surface area contributed by atoms with Crippen LogP contribution in [0.1, 0.15) is 19.3 Å². The summed E-state index contributed by atoms with van der Waals surface area (Å²) in [6.45, 7) is 0.609. The van der Waals surface area contributed by atoms with Gasteiger partial charge in [-0.05, 0) is 12.8 Å². The Morgan fingerprint density at radius 1 is 1.38 bits per heavy atom. The van der Waals surface area contributed by atoms with Crippen LogP contribution in [-0.2, 0) is 10.1 Å². The number of likely N-dealkylation sites (tertiary alicyclic amines) is 1. The molecular weight excluding hydrogens is 194 g/mol. The Kier molecular flexibility index (Phi) is 1.92. The van der Waals surface area contributed by atoms with Crippen molar-refractivity contribution in [1.29, 1.82) is 0 Å². The molecule has 1 aliphatic carbocycles. The van der Waals surface area contributed by atoms with Crippen molar-refractivity contribution >= 4 is 10.1 Å². The summed E-state index contributed by atoms with van der Waals surface area (Å²) in [6, 6.07) is 0.427. The fourth-order valence-electron chi connectivity index (χ4n) is 1.76. The highest BCUT2D eigenvalue weighted by Crippen LogP contribution is 2.35. The zero-order valence-corrected chi connectivity index (χ0v) is 8.00. The van der Waals surface area contributed by atoms with Crippen LogP contribution in [0.3, 0.4) is 0 Å². The summed E-state index contributed by atoms with van der Waals surface area (Å²) < 4.78 is 30.4. The second kappa shape index (κ2) is 2.66. The molecule has 0 aromatic heterocycles. The summed E-state index contributed by atoms with van der Waals surface area (Å²) in [4.78, 5) is 0.00333. The van der Waals surface area contributed by atoms with Gasteiger partial charge in [0.2, 0.25) is 4.93 Å². The van der Waals surface area contributed by atoms with E-state index in [1.165, 1.54) is 0 Å². The first-order chi connectivity index (χ1) is 5.92. The van der Waals surface area contributed by atoms with Crippen LogP contribution in [0.2, 0.25) is 0 Å². The Morgan fingerprint density at radius 2 is 2.00 bits per heavy atom. The molecule has 0 spiro atoms. The smallest absolute Gasteiger partial charge is 0.296 e. The van der Waals surface area contributed by atoms with Crippen LogP contribution in [0.15, 0.2) is 0 Å². The molecule has 2 N–H and O–H groups in total. The van der Waals surface area contributed by atoms with Gasteiger partial charge < -0.3 is 5.11 Å². The van der Waals surface area contributed by atoms with E-state index in [-0.39, 0.29) is 13.0 Å². The first-order valence-corrected chi connectivity index (χ1v) is 5.80. The van der Waals surface area contributed by atoms with Crippen molar-refractivity contribution < 1.29 is 18.1 Å². The Morgan fingerprint density at radius 3 is 2.38 bits per heavy atom. The number of hydrogen-bond donors (Lipinski definition) is 2. The minimum absolute atomic E-state index is 0.0521. The summed E-state index contributed by atoms with van der Waals surface area (Å²) in [5.74, 6) is 0. The maximum atomic E-state index is 10.8. The summed E-state index contributed by atoms with van der Waals surface area (Å²) in [5.41, 5.74) is 0. The molecule has 6 heteroatoms. The van der Waals surface area contributed by atoms with Crippen molar-refractivity contribution in [2.24, 2.45) is 0 Å². The van der Waals surface area contributed by atoms with Gasteiger partial charge in [0.1, 0.15) is 0 Å². The van der Waals surface area contributed by atoms with Crippen molar-refractivity contribution in [2.75, 3.05) is 13.1 Å². The Labute approximate surface area is 77.1 Å². The molecular formula is C7H13NO4S. The van der Waals surface area contributed by atoms with E-state index >= 15 is 0 Å². The lowest BCUT2D eigenvalue weighted by molar-refractivity contribution is 0.117. The SMILES string of the molecule is O=S(=O)(O)C1(O)CCN(C2CC2)C1. The van der Waals surface area contributed by atoms with Crippen LogP contribution in [0, 0.1) is 0 Å². The molecule has 1 heterocycles. The molecule has 1 unspecified atom stereocenters. The maximum Gasteiger partial charge on any atom is 0.296 e. The average molecular weight is 207 g/mol. The van der Waals surface area contributed by atoms with Gasteiger partial charge in [0.05, 0.1) is 0 Å². The van der Waals surface area contributed by atoms with E-state index in [0.29, 0.717) is 12.6 Å². The molecule has 0 aromatic rings. The van der Waals surface area contributed by atoms with Gasteiger partial charge >= 0.3 is 0 Å². The fourth-order valence-corrected chi connectivity index (χ4v) is 2.43. The number of rotatable bonds is 2. The first kappa shape index (κ1) is 9.39. The number of nitrogens with zero attached hydrogens (tertiary/aromatic N) is 1. The van der Waals surface area contributed by atoms with Crippen LogP contribution < -0.4 is 0 Å². The lowest BCUT2D eigenvalue weighted by atomic mass is 10.3. The third kappa shape index (κ3) is 1.59. The van der Waals surface area contributed by atoms with Crippen LogP contribution in [0.4, 0.5) is 0 Å². The van der Waals surface area contributed by atoms with Crippen LogP contribution in [-0.4, -0.2) is 47.0 Å². The van der Waals surface area contributed by atoms with E-state index in [1.54, 1.807) is 0 Å². The van der Waals surface area contributed by atoms with Gasteiger partial charge in [0.15, 0.2) is 0 Å². The second-order valence-corrected chi connectivity index (χ2v) is 5.58. The molecule has 13 heavy (non-hydrogen) atoms. The van der Waals surface area contributed by atoms with E-state index in [9.17, 15) is 13.5 Å². The highest BCUT2D eigenvalue weighted by molar-refractivity contribution is 7.87. The number of hydrogen-bond acceptors (Lipinski definition) is 4. The molecule has 0 aromatic carbocycles. The quantitative estimate of drug-likeness (QED) is 0.593. The van der Waals surface area contributed by atoms with Gasteiger partial charge in [-0.25, -0.2) is 0 Å². The average Bonchev–Trinajstić information content (AvgIpc) is 2.74. The Hall–Kier alpha value is -0.170. The molecule has 2 rings (SSSR count). The summed E-state index contributed by atoms with van der Waals surface area (Å²) in [5, 5.41) is 9.60. The molecule has 1 atom stereocenters. The molecule has 1 aliphatic heterocycles. The number of aliphatic hydroxyl groups is 1. The van der Waals surface area contributed by atoms with E-state index in [0.717, 1.165) is 12.8 Å². The van der Waals surface area contributed by atoms with Gasteiger partial charge in [-0.15, -0.1) is 0 Å². The highest BCUT2D eigenvalue weighted by Gasteiger charge is 2.49. The monoisotopic (exact) mass is 207 g/mol. The minimum Gasteiger partial charge on any atom is -0.371 e. The van der Waals surface area contributed by atoms with Crippen LogP contribution in [0.25, 0.3) is 0 Å². The van der Waals surface area contributed by atoms with Crippen LogP contribution in [0.5, 0.6) is 0 Å². The lowest BCUT2D eigenvalue weighted by Crippen LogP contribution is -2.41. The van der Waals surface area contributed by atoms with Crippen molar-refractivity contribution in [2.45, 2.75) is 30.2 Å². The molecule has 2 aliphatic rings. The number of β-amino-alcohol motifs (C(OH)–C–C–N with tert-alkyl or cyclic N) is 1. The predicted octanol–water partition coefficient (Wildman–Crippen LogP) is -0.569. The predicted molar refractivity (Wildman–Crippen MR) is 45.7 cm³/mol. The van der Waals surface area contributed by atoms with Crippen LogP contribution >= 0.6 is 0 Å². The normalized spacial score (nSPS) is 36.8. The van der Waals surface area contributed by atoms with Crippen molar-refractivity contribution in [1.82, 2.24) is 4.90 Å². The minimum atomic E-state index is -4.33. The zero-order chi connectivity index (χ0) is 9.69. The van der Waals surface area contributed by atoms with Crippen molar-refractivity contribution in [3.63, 3.8) is 0 Å². The summed E-state index contributed by atoms with van der Waals surface area (Å²) in [7, 11) is -4.33. The van der Waals surface area contributed by atoms with E-state index in [1.807, 2.05) is 4.90 Å². The lowest BCUT2D eigenvalue weighted by Gasteiger charge is -2.19. The Bertz CT molecular complexity index is 310. The second-order valence-electron chi connectivity index (χ2n) is 3.87. The van der Waals surface area contributed by atoms with Gasteiger partial charge in [-0.2, -0.15) is 8.42 Å². The summed E-state index contributed by atoms with van der Waals surface area (Å²) >= 11 is 0. The molecule has 5 nitrogen and oxygen atoms in total. The van der Waals surface area contributed by atoms with Gasteiger partial charge in [-0.3, -0.25) is 9.45 Å². The van der Waals surface area contributed by atoms with Gasteiger partial charge in [-0.1, -0.05) is 0 Å². The molecule has 0 bridgehead atoms.